The summed E-state index contributed by atoms with van der Waals surface area (Å²) in [5.41, 5.74) is 2.51. The van der Waals surface area contributed by atoms with Crippen LogP contribution >= 0.6 is 0 Å². The van der Waals surface area contributed by atoms with Gasteiger partial charge in [-0.2, -0.15) is 0 Å². The number of carbonyl (C=O) groups excluding carboxylic acids is 3. The lowest BCUT2D eigenvalue weighted by atomic mass is 9.93. The molecule has 0 aliphatic carbocycles. The standard InChI is InChI=1S/C29H44N4O5/c1-3-4-12-31(13-5-6-16-34)28(36)21-32-20-24(22-7-8-26-23(18-22)11-17-38-26)19-25(32)9-15-33-27(35)10-14-30(2)29(33)37/h7-8,18,24-25,34H,3-6,9-17,19-21H2,1-2H3/t24-,25+/m1/s1. The molecule has 9 heteroatoms. The summed E-state index contributed by atoms with van der Waals surface area (Å²) in [6.07, 6.45) is 6.29. The second-order valence-electron chi connectivity index (χ2n) is 10.9. The Morgan fingerprint density at radius 1 is 1.16 bits per heavy atom. The van der Waals surface area contributed by atoms with Gasteiger partial charge in [0, 0.05) is 65.3 Å². The third-order valence-corrected chi connectivity index (χ3v) is 8.23. The Morgan fingerprint density at radius 2 is 1.97 bits per heavy atom. The fraction of sp³-hybridized carbons (Fsp3) is 0.690. The summed E-state index contributed by atoms with van der Waals surface area (Å²) in [6.45, 7) is 6.33. The van der Waals surface area contributed by atoms with E-state index in [1.807, 2.05) is 4.90 Å². The van der Waals surface area contributed by atoms with E-state index in [1.165, 1.54) is 16.0 Å². The number of likely N-dealkylation sites (tertiary alicyclic amines) is 1. The molecule has 38 heavy (non-hydrogen) atoms. The zero-order valence-corrected chi connectivity index (χ0v) is 23.1. The lowest BCUT2D eigenvalue weighted by Crippen LogP contribution is -2.51. The number of ether oxygens (including phenoxy) is 1. The van der Waals surface area contributed by atoms with E-state index in [1.54, 1.807) is 11.9 Å². The van der Waals surface area contributed by atoms with E-state index < -0.39 is 0 Å². The van der Waals surface area contributed by atoms with Crippen LogP contribution in [0.3, 0.4) is 0 Å². The maximum atomic E-state index is 13.5. The number of rotatable bonds is 13. The van der Waals surface area contributed by atoms with E-state index >= 15 is 0 Å². The first-order chi connectivity index (χ1) is 18.4. The van der Waals surface area contributed by atoms with Crippen LogP contribution in [0.2, 0.25) is 0 Å². The number of imide groups is 1. The van der Waals surface area contributed by atoms with Crippen molar-refractivity contribution in [2.24, 2.45) is 0 Å². The van der Waals surface area contributed by atoms with Crippen LogP contribution in [0.4, 0.5) is 4.79 Å². The zero-order chi connectivity index (χ0) is 27.1. The second-order valence-corrected chi connectivity index (χ2v) is 10.9. The van der Waals surface area contributed by atoms with Crippen LogP contribution in [0, 0.1) is 0 Å². The molecule has 0 spiro atoms. The normalized spacial score (nSPS) is 21.7. The van der Waals surface area contributed by atoms with Crippen LogP contribution in [-0.4, -0.2) is 108 Å². The van der Waals surface area contributed by atoms with E-state index in [4.69, 9.17) is 4.74 Å². The van der Waals surface area contributed by atoms with Crippen molar-refractivity contribution in [2.45, 2.75) is 70.3 Å². The molecule has 4 rings (SSSR count). The van der Waals surface area contributed by atoms with Crippen molar-refractivity contribution in [3.8, 4) is 5.75 Å². The van der Waals surface area contributed by atoms with Crippen molar-refractivity contribution in [1.82, 2.24) is 19.6 Å². The van der Waals surface area contributed by atoms with Gasteiger partial charge in [-0.05, 0) is 55.2 Å². The molecule has 1 aromatic rings. The molecule has 0 unspecified atom stereocenters. The highest BCUT2D eigenvalue weighted by molar-refractivity contribution is 5.96. The van der Waals surface area contributed by atoms with Crippen molar-refractivity contribution in [2.75, 3.05) is 59.5 Å². The quantitative estimate of drug-likeness (QED) is 0.396. The van der Waals surface area contributed by atoms with Gasteiger partial charge in [0.05, 0.1) is 13.2 Å². The third kappa shape index (κ3) is 6.86. The number of aliphatic hydroxyl groups is 1. The second kappa shape index (κ2) is 13.4. The van der Waals surface area contributed by atoms with Gasteiger partial charge in [-0.3, -0.25) is 19.4 Å². The minimum absolute atomic E-state index is 0.103. The van der Waals surface area contributed by atoms with Crippen LogP contribution in [0.15, 0.2) is 18.2 Å². The van der Waals surface area contributed by atoms with Crippen molar-refractivity contribution < 1.29 is 24.2 Å². The lowest BCUT2D eigenvalue weighted by molar-refractivity contribution is -0.133. The molecule has 3 aliphatic heterocycles. The van der Waals surface area contributed by atoms with Crippen molar-refractivity contribution >= 4 is 17.8 Å². The molecule has 2 fully saturated rings. The molecule has 210 valence electrons. The first kappa shape index (κ1) is 28.4. The van der Waals surface area contributed by atoms with E-state index in [2.05, 4.69) is 30.0 Å². The van der Waals surface area contributed by atoms with E-state index in [0.29, 0.717) is 45.4 Å². The van der Waals surface area contributed by atoms with Gasteiger partial charge >= 0.3 is 6.03 Å². The monoisotopic (exact) mass is 528 g/mol. The van der Waals surface area contributed by atoms with Crippen LogP contribution in [-0.2, 0) is 16.0 Å². The molecule has 0 saturated carbocycles. The number of benzene rings is 1. The molecule has 3 aliphatic rings. The molecule has 2 saturated heterocycles. The van der Waals surface area contributed by atoms with Crippen LogP contribution in [0.25, 0.3) is 0 Å². The fourth-order valence-electron chi connectivity index (χ4n) is 5.88. The highest BCUT2D eigenvalue weighted by atomic mass is 16.5. The molecule has 3 heterocycles. The largest absolute Gasteiger partial charge is 0.493 e. The number of nitrogens with zero attached hydrogens (tertiary/aromatic N) is 4. The summed E-state index contributed by atoms with van der Waals surface area (Å²) in [5, 5.41) is 9.20. The maximum Gasteiger partial charge on any atom is 0.326 e. The smallest absolute Gasteiger partial charge is 0.326 e. The third-order valence-electron chi connectivity index (χ3n) is 8.23. The number of fused-ring (bicyclic) bond motifs is 1. The molecule has 0 bridgehead atoms. The Balaban J connectivity index is 1.47. The van der Waals surface area contributed by atoms with Gasteiger partial charge in [-0.1, -0.05) is 25.5 Å². The predicted molar refractivity (Wildman–Crippen MR) is 145 cm³/mol. The van der Waals surface area contributed by atoms with Gasteiger partial charge in [-0.15, -0.1) is 0 Å². The molecule has 1 aromatic carbocycles. The Kier molecular flexibility index (Phi) is 10.0. The molecule has 9 nitrogen and oxygen atoms in total. The van der Waals surface area contributed by atoms with Crippen molar-refractivity contribution in [1.29, 1.82) is 0 Å². The first-order valence-corrected chi connectivity index (χ1v) is 14.3. The lowest BCUT2D eigenvalue weighted by Gasteiger charge is -2.33. The van der Waals surface area contributed by atoms with Crippen LogP contribution in [0.1, 0.15) is 68.9 Å². The van der Waals surface area contributed by atoms with E-state index in [-0.39, 0.29) is 36.4 Å². The van der Waals surface area contributed by atoms with Gasteiger partial charge in [0.25, 0.3) is 0 Å². The summed E-state index contributed by atoms with van der Waals surface area (Å²) in [6, 6.07) is 6.34. The summed E-state index contributed by atoms with van der Waals surface area (Å²) in [5.74, 6) is 1.26. The summed E-state index contributed by atoms with van der Waals surface area (Å²) in [7, 11) is 1.73. The molecule has 0 radical (unpaired) electrons. The summed E-state index contributed by atoms with van der Waals surface area (Å²) >= 11 is 0. The molecule has 0 aromatic heterocycles. The Labute approximate surface area is 226 Å². The highest BCUT2D eigenvalue weighted by Crippen LogP contribution is 2.36. The molecular weight excluding hydrogens is 484 g/mol. The van der Waals surface area contributed by atoms with Gasteiger partial charge in [-0.25, -0.2) is 4.79 Å². The Hall–Kier alpha value is -2.65. The topological polar surface area (TPSA) is 93.6 Å². The van der Waals surface area contributed by atoms with Gasteiger partial charge in [0.1, 0.15) is 5.75 Å². The number of unbranched alkanes of at least 4 members (excludes halogenated alkanes) is 2. The molecule has 4 amide bonds. The van der Waals surface area contributed by atoms with Crippen molar-refractivity contribution in [3.63, 3.8) is 0 Å². The molecular formula is C29H44N4O5. The SMILES string of the molecule is CCCCN(CCCCO)C(=O)CN1C[C@H](c2ccc3c(c2)CCO3)C[C@@H]1CCN1C(=O)CCN(C)C1=O. The van der Waals surface area contributed by atoms with Crippen LogP contribution < -0.4 is 4.74 Å². The molecule has 2 atom stereocenters. The maximum absolute atomic E-state index is 13.5. The number of amides is 4. The summed E-state index contributed by atoms with van der Waals surface area (Å²) < 4.78 is 5.69. The first-order valence-electron chi connectivity index (χ1n) is 14.3. The van der Waals surface area contributed by atoms with Gasteiger partial charge in [0.2, 0.25) is 11.8 Å². The van der Waals surface area contributed by atoms with Gasteiger partial charge < -0.3 is 19.6 Å². The fourth-order valence-corrected chi connectivity index (χ4v) is 5.88. The number of urea groups is 1. The number of hydrogen-bond acceptors (Lipinski definition) is 6. The molecule has 1 N–H and O–H groups in total. The predicted octanol–water partition coefficient (Wildman–Crippen LogP) is 2.85. The summed E-state index contributed by atoms with van der Waals surface area (Å²) in [4.78, 5) is 45.8. The average Bonchev–Trinajstić information content (AvgIpc) is 3.55. The Morgan fingerprint density at radius 3 is 2.76 bits per heavy atom. The number of hydrogen-bond donors (Lipinski definition) is 1. The van der Waals surface area contributed by atoms with Gasteiger partial charge in [0.15, 0.2) is 0 Å². The van der Waals surface area contributed by atoms with Crippen molar-refractivity contribution in [3.05, 3.63) is 29.3 Å². The highest BCUT2D eigenvalue weighted by Gasteiger charge is 2.37. The average molecular weight is 529 g/mol. The minimum atomic E-state index is -0.230. The van der Waals surface area contributed by atoms with E-state index in [9.17, 15) is 19.5 Å². The van der Waals surface area contributed by atoms with E-state index in [0.717, 1.165) is 57.6 Å². The number of carbonyl (C=O) groups is 3. The minimum Gasteiger partial charge on any atom is -0.493 e. The van der Waals surface area contributed by atoms with Crippen LogP contribution in [0.5, 0.6) is 5.75 Å². The zero-order valence-electron chi connectivity index (χ0n) is 23.1. The number of aliphatic hydroxyl groups excluding tert-OH is 1. The Bertz CT molecular complexity index is 986.